The molecule has 3 aromatic carbocycles. The van der Waals surface area contributed by atoms with Crippen LogP contribution in [0.5, 0.6) is 11.5 Å². The predicted molar refractivity (Wildman–Crippen MR) is 188 cm³/mol. The first kappa shape index (κ1) is 42.1. The topological polar surface area (TPSA) is 67.8 Å². The van der Waals surface area contributed by atoms with E-state index in [-0.39, 0.29) is 11.7 Å². The molecular weight excluding hydrogens is 551 g/mol. The van der Waals surface area contributed by atoms with Crippen LogP contribution in [0, 0.1) is 18.7 Å². The van der Waals surface area contributed by atoms with Crippen LogP contribution in [0.1, 0.15) is 79.2 Å². The van der Waals surface area contributed by atoms with E-state index >= 15 is 0 Å². The number of hydrogen-bond acceptors (Lipinski definition) is 5. The Morgan fingerprint density at radius 2 is 1.43 bits per heavy atom. The summed E-state index contributed by atoms with van der Waals surface area (Å²) in [7, 11) is 3.59. The van der Waals surface area contributed by atoms with Gasteiger partial charge in [0, 0.05) is 37.8 Å². The van der Waals surface area contributed by atoms with Crippen LogP contribution in [-0.4, -0.2) is 32.4 Å². The monoisotopic (exact) mass is 606 g/mol. The van der Waals surface area contributed by atoms with Crippen molar-refractivity contribution in [3.8, 4) is 11.5 Å². The van der Waals surface area contributed by atoms with Crippen LogP contribution in [-0.2, 0) is 9.59 Å². The summed E-state index contributed by atoms with van der Waals surface area (Å²) in [6.45, 7) is 14.3. The zero-order chi connectivity index (χ0) is 33.6. The minimum absolute atomic E-state index is 0.266. The molecule has 0 radical (unpaired) electrons. The number of allylic oxidation sites excluding steroid dienone is 2. The van der Waals surface area contributed by atoms with Crippen LogP contribution in [0.25, 0.3) is 0 Å². The SMILES string of the molecule is CCC.CCCC[C@H](C)C=O.CN=C(C)/C=C(\C)CC=O.CNc1ccc(Oc2ccc(F)cc2)cc1.Cc1ccccc1. The second-order valence-corrected chi connectivity index (χ2v) is 10.2. The van der Waals surface area contributed by atoms with Crippen LogP contribution < -0.4 is 10.1 Å². The first-order valence-corrected chi connectivity index (χ1v) is 15.3. The summed E-state index contributed by atoms with van der Waals surface area (Å²) in [6.07, 6.45) is 9.02. The number of nitrogens with zero attached hydrogens (tertiary/aromatic N) is 1. The normalized spacial score (nSPS) is 10.9. The maximum Gasteiger partial charge on any atom is 0.127 e. The van der Waals surface area contributed by atoms with Crippen molar-refractivity contribution in [3.05, 3.63) is 102 Å². The van der Waals surface area contributed by atoms with Crippen molar-refractivity contribution in [3.63, 3.8) is 0 Å². The Kier molecular flexibility index (Phi) is 27.8. The Morgan fingerprint density at radius 3 is 1.82 bits per heavy atom. The molecule has 1 N–H and O–H groups in total. The second kappa shape index (κ2) is 29.0. The molecule has 0 fully saturated rings. The maximum atomic E-state index is 12.7. The van der Waals surface area contributed by atoms with E-state index in [1.54, 1.807) is 19.2 Å². The van der Waals surface area contributed by atoms with Crippen LogP contribution in [0.3, 0.4) is 0 Å². The zero-order valence-corrected chi connectivity index (χ0v) is 28.4. The predicted octanol–water partition coefficient (Wildman–Crippen LogP) is 10.7. The summed E-state index contributed by atoms with van der Waals surface area (Å²) in [5.41, 5.74) is 4.35. The van der Waals surface area contributed by atoms with Crippen molar-refractivity contribution in [2.24, 2.45) is 10.9 Å². The molecule has 6 heteroatoms. The van der Waals surface area contributed by atoms with E-state index in [4.69, 9.17) is 4.74 Å². The average molecular weight is 607 g/mol. The summed E-state index contributed by atoms with van der Waals surface area (Å²) < 4.78 is 18.2. The van der Waals surface area contributed by atoms with E-state index < -0.39 is 0 Å². The number of hydrogen-bond donors (Lipinski definition) is 1. The lowest BCUT2D eigenvalue weighted by molar-refractivity contribution is -0.111. The zero-order valence-electron chi connectivity index (χ0n) is 28.4. The molecule has 0 aliphatic carbocycles. The van der Waals surface area contributed by atoms with Gasteiger partial charge in [0.15, 0.2) is 0 Å². The molecule has 242 valence electrons. The molecule has 0 amide bonds. The van der Waals surface area contributed by atoms with E-state index in [1.807, 2.05) is 76.4 Å². The molecule has 5 nitrogen and oxygen atoms in total. The first-order valence-electron chi connectivity index (χ1n) is 15.3. The third kappa shape index (κ3) is 25.6. The Balaban J connectivity index is 0. The lowest BCUT2D eigenvalue weighted by atomic mass is 10.1. The molecule has 0 unspecified atom stereocenters. The number of benzene rings is 3. The van der Waals surface area contributed by atoms with Crippen molar-refractivity contribution in [1.29, 1.82) is 0 Å². The summed E-state index contributed by atoms with van der Waals surface area (Å²) >= 11 is 0. The third-order valence-electron chi connectivity index (χ3n) is 5.59. The summed E-state index contributed by atoms with van der Waals surface area (Å²) in [5.74, 6) is 1.36. The van der Waals surface area contributed by atoms with Crippen LogP contribution >= 0.6 is 0 Å². The molecule has 0 saturated carbocycles. The van der Waals surface area contributed by atoms with Crippen molar-refractivity contribution in [2.75, 3.05) is 19.4 Å². The van der Waals surface area contributed by atoms with E-state index in [0.29, 0.717) is 12.2 Å². The van der Waals surface area contributed by atoms with Gasteiger partial charge in [0.25, 0.3) is 0 Å². The third-order valence-corrected chi connectivity index (χ3v) is 5.59. The van der Waals surface area contributed by atoms with Crippen molar-refractivity contribution in [2.45, 2.75) is 80.6 Å². The van der Waals surface area contributed by atoms with Crippen molar-refractivity contribution < 1.29 is 18.7 Å². The van der Waals surface area contributed by atoms with E-state index in [0.717, 1.165) is 41.7 Å². The summed E-state index contributed by atoms with van der Waals surface area (Å²) in [5, 5.41) is 3.02. The molecule has 0 heterocycles. The number of carbonyl (C=O) groups excluding carboxylic acids is 2. The molecule has 0 bridgehead atoms. The Morgan fingerprint density at radius 1 is 0.909 bits per heavy atom. The molecule has 1 atom stereocenters. The highest BCUT2D eigenvalue weighted by molar-refractivity contribution is 5.93. The number of unbranched alkanes of at least 4 members (excludes halogenated alkanes) is 1. The highest BCUT2D eigenvalue weighted by Gasteiger charge is 1.98. The molecule has 3 rings (SSSR count). The minimum atomic E-state index is -0.266. The first-order chi connectivity index (χ1) is 21.1. The van der Waals surface area contributed by atoms with Gasteiger partial charge in [-0.15, -0.1) is 0 Å². The average Bonchev–Trinajstić information content (AvgIpc) is 3.03. The number of anilines is 1. The molecule has 0 aliphatic heterocycles. The van der Waals surface area contributed by atoms with Crippen molar-refractivity contribution in [1.82, 2.24) is 0 Å². The number of aliphatic imine (C=N–C) groups is 1. The molecule has 0 aromatic heterocycles. The summed E-state index contributed by atoms with van der Waals surface area (Å²) in [6, 6.07) is 23.7. The number of nitrogens with one attached hydrogen (secondary N) is 1. The van der Waals surface area contributed by atoms with Gasteiger partial charge in [-0.25, -0.2) is 4.39 Å². The number of halogens is 1. The fourth-order valence-electron chi connectivity index (χ4n) is 3.07. The minimum Gasteiger partial charge on any atom is -0.457 e. The maximum absolute atomic E-state index is 12.7. The lowest BCUT2D eigenvalue weighted by Crippen LogP contribution is -1.93. The Hall–Kier alpha value is -4.06. The van der Waals surface area contributed by atoms with Crippen LogP contribution in [0.15, 0.2) is 95.5 Å². The molecule has 0 aliphatic rings. The van der Waals surface area contributed by atoms with Gasteiger partial charge in [-0.1, -0.05) is 88.4 Å². The van der Waals surface area contributed by atoms with Gasteiger partial charge in [0.2, 0.25) is 0 Å². The number of ether oxygens (including phenoxy) is 1. The fourth-order valence-corrected chi connectivity index (χ4v) is 3.07. The highest BCUT2D eigenvalue weighted by atomic mass is 19.1. The largest absolute Gasteiger partial charge is 0.457 e. The van der Waals surface area contributed by atoms with E-state index in [9.17, 15) is 14.0 Å². The molecule has 3 aromatic rings. The highest BCUT2D eigenvalue weighted by Crippen LogP contribution is 2.22. The van der Waals surface area contributed by atoms with Gasteiger partial charge in [-0.2, -0.15) is 0 Å². The molecule has 0 spiro atoms. The van der Waals surface area contributed by atoms with Gasteiger partial charge in [-0.3, -0.25) is 4.99 Å². The van der Waals surface area contributed by atoms with Crippen LogP contribution in [0.2, 0.25) is 0 Å². The molecular formula is C38H55FN2O3. The Labute approximate surface area is 266 Å². The second-order valence-electron chi connectivity index (χ2n) is 10.2. The van der Waals surface area contributed by atoms with Gasteiger partial charge in [0.1, 0.15) is 29.9 Å². The van der Waals surface area contributed by atoms with Gasteiger partial charge in [-0.05, 0) is 81.8 Å². The van der Waals surface area contributed by atoms with Crippen LogP contribution in [0.4, 0.5) is 10.1 Å². The molecule has 44 heavy (non-hydrogen) atoms. The fraction of sp³-hybridized carbons (Fsp3) is 0.395. The quantitative estimate of drug-likeness (QED) is 0.184. The lowest BCUT2D eigenvalue weighted by Gasteiger charge is -2.06. The number of aldehydes is 2. The summed E-state index contributed by atoms with van der Waals surface area (Å²) in [4.78, 5) is 24.0. The molecule has 0 saturated heterocycles. The van der Waals surface area contributed by atoms with E-state index in [1.165, 1.54) is 37.0 Å². The Bertz CT molecular complexity index is 1160. The number of carbonyl (C=O) groups is 2. The van der Waals surface area contributed by atoms with E-state index in [2.05, 4.69) is 50.1 Å². The van der Waals surface area contributed by atoms with Gasteiger partial charge >= 0.3 is 0 Å². The van der Waals surface area contributed by atoms with Crippen molar-refractivity contribution >= 4 is 24.0 Å². The standard InChI is InChI=1S/C13H12FNO.C8H13NO.C7H14O.C7H8.C3H8/c1-15-11-4-8-13(9-5-11)16-12-6-2-10(14)3-7-12;1-7(4-5-10)6-8(2)9-3;1-3-4-5-7(2)6-8;1-7-5-3-2-4-6-7;1-3-2/h2-9,15H,1H3;5-6H,4H2,1-3H3;6-7H,3-5H2,1-2H3;2-6H,1H3;3H2,1-2H3/b;7-6+,9-8?;;;/t;;7-;;/m..0../s1. The van der Waals surface area contributed by atoms with Gasteiger partial charge in [0.05, 0.1) is 0 Å². The van der Waals surface area contributed by atoms with Gasteiger partial charge < -0.3 is 19.6 Å². The smallest absolute Gasteiger partial charge is 0.127 e. The number of aryl methyl sites for hydroxylation is 1. The number of rotatable bonds is 10.